The van der Waals surface area contributed by atoms with Gasteiger partial charge in [-0.05, 0) is 48.4 Å². The number of methoxy groups -OCH3 is 1. The van der Waals surface area contributed by atoms with Gasteiger partial charge in [0.15, 0.2) is 0 Å². The zero-order valence-electron chi connectivity index (χ0n) is 17.8. The Bertz CT molecular complexity index is 695. The number of allylic oxidation sites excluding steroid dienone is 2. The molecule has 0 heterocycles. The van der Waals surface area contributed by atoms with Crippen molar-refractivity contribution >= 4 is 23.8 Å². The molecular formula is C24H36N2O3. The van der Waals surface area contributed by atoms with Crippen molar-refractivity contribution in [1.29, 1.82) is 5.41 Å². The Labute approximate surface area is 175 Å². The smallest absolute Gasteiger partial charge is 0.305 e. The third-order valence-electron chi connectivity index (χ3n) is 4.97. The van der Waals surface area contributed by atoms with Gasteiger partial charge in [0.1, 0.15) is 0 Å². The van der Waals surface area contributed by atoms with Gasteiger partial charge < -0.3 is 21.0 Å². The molecule has 5 heteroatoms. The van der Waals surface area contributed by atoms with Gasteiger partial charge in [-0.1, -0.05) is 56.9 Å². The number of nitrogens with two attached hydrogens (primary N) is 1. The van der Waals surface area contributed by atoms with Crippen LogP contribution in [0.15, 0.2) is 30.5 Å². The van der Waals surface area contributed by atoms with Crippen LogP contribution in [-0.2, 0) is 9.53 Å². The van der Waals surface area contributed by atoms with Gasteiger partial charge >= 0.3 is 5.97 Å². The number of nitrogens with one attached hydrogen (secondary N) is 1. The van der Waals surface area contributed by atoms with Crippen LogP contribution in [0.25, 0.3) is 11.6 Å². The minimum atomic E-state index is -0.664. The zero-order valence-corrected chi connectivity index (χ0v) is 17.8. The molecular weight excluding hydrogens is 364 g/mol. The van der Waals surface area contributed by atoms with Crippen molar-refractivity contribution in [1.82, 2.24) is 0 Å². The number of benzene rings is 1. The molecule has 5 nitrogen and oxygen atoms in total. The summed E-state index contributed by atoms with van der Waals surface area (Å²) in [7, 11) is 1.37. The Hall–Kier alpha value is -2.40. The predicted molar refractivity (Wildman–Crippen MR) is 121 cm³/mol. The monoisotopic (exact) mass is 400 g/mol. The molecule has 0 fully saturated rings. The Kier molecular flexibility index (Phi) is 12.4. The lowest BCUT2D eigenvalue weighted by atomic mass is 9.94. The second-order valence-electron chi connectivity index (χ2n) is 7.20. The van der Waals surface area contributed by atoms with Crippen LogP contribution in [0, 0.1) is 5.41 Å². The van der Waals surface area contributed by atoms with Gasteiger partial charge in [0.05, 0.1) is 13.2 Å². The van der Waals surface area contributed by atoms with E-state index in [9.17, 15) is 9.90 Å². The molecule has 1 atom stereocenters. The summed E-state index contributed by atoms with van der Waals surface area (Å²) in [5.41, 5.74) is 8.84. The van der Waals surface area contributed by atoms with Crippen LogP contribution in [0.4, 0.5) is 0 Å². The maximum Gasteiger partial charge on any atom is 0.305 e. The number of carbonyl (C=O) groups is 1. The van der Waals surface area contributed by atoms with Crippen LogP contribution >= 0.6 is 0 Å². The first-order chi connectivity index (χ1) is 14.1. The third kappa shape index (κ3) is 9.09. The van der Waals surface area contributed by atoms with Gasteiger partial charge in [-0.2, -0.15) is 0 Å². The lowest BCUT2D eigenvalue weighted by Crippen LogP contribution is -2.04. The fraction of sp³-hybridized carbons (Fsp3) is 0.500. The largest absolute Gasteiger partial charge is 0.469 e. The van der Waals surface area contributed by atoms with Gasteiger partial charge in [0.25, 0.3) is 0 Å². The maximum atomic E-state index is 11.3. The average Bonchev–Trinajstić information content (AvgIpc) is 2.73. The zero-order chi connectivity index (χ0) is 21.5. The number of carbonyl (C=O) groups excluding carboxylic acids is 1. The summed E-state index contributed by atoms with van der Waals surface area (Å²) in [5.74, 6) is -0.264. The van der Waals surface area contributed by atoms with Crippen LogP contribution in [-0.4, -0.2) is 24.4 Å². The van der Waals surface area contributed by atoms with Gasteiger partial charge in [-0.15, -0.1) is 0 Å². The SMILES string of the molecule is CCCCCCC/C=C/c1cc(/C(C=N)=C/N)ccc1C(O)CCCC(=O)OC. The van der Waals surface area contributed by atoms with Crippen molar-refractivity contribution < 1.29 is 14.6 Å². The number of hydrogen-bond acceptors (Lipinski definition) is 5. The Morgan fingerprint density at radius 3 is 2.66 bits per heavy atom. The summed E-state index contributed by atoms with van der Waals surface area (Å²) in [6.07, 6.45) is 14.7. The highest BCUT2D eigenvalue weighted by atomic mass is 16.5. The molecule has 0 saturated carbocycles. The van der Waals surface area contributed by atoms with Crippen LogP contribution in [0.5, 0.6) is 0 Å². The predicted octanol–water partition coefficient (Wildman–Crippen LogP) is 5.39. The van der Waals surface area contributed by atoms with E-state index >= 15 is 0 Å². The molecule has 1 aromatic rings. The first kappa shape index (κ1) is 24.6. The Balaban J connectivity index is 2.89. The van der Waals surface area contributed by atoms with E-state index in [1.807, 2.05) is 24.3 Å². The number of rotatable bonds is 14. The molecule has 0 aliphatic heterocycles. The molecule has 0 aliphatic carbocycles. The van der Waals surface area contributed by atoms with E-state index in [0.29, 0.717) is 24.8 Å². The summed E-state index contributed by atoms with van der Waals surface area (Å²) in [6.45, 7) is 2.21. The minimum absolute atomic E-state index is 0.264. The summed E-state index contributed by atoms with van der Waals surface area (Å²) in [6, 6.07) is 5.70. The number of ether oxygens (including phenoxy) is 1. The maximum absolute atomic E-state index is 11.3. The van der Waals surface area contributed by atoms with E-state index in [0.717, 1.165) is 29.5 Å². The molecule has 4 N–H and O–H groups in total. The molecule has 0 bridgehead atoms. The number of esters is 1. The molecule has 160 valence electrons. The second-order valence-corrected chi connectivity index (χ2v) is 7.20. The molecule has 0 radical (unpaired) electrons. The number of unbranched alkanes of at least 4 members (excludes halogenated alkanes) is 5. The standard InChI is InChI=1S/C24H36N2O3/c1-3-4-5-6-7-8-9-11-20-16-19(21(17-25)18-26)14-15-22(20)23(27)12-10-13-24(28)29-2/h9,11,14-18,23,25,27H,3-8,10,12-13,26H2,1-2H3/b11-9+,21-18+,25-17?. The fourth-order valence-corrected chi connectivity index (χ4v) is 3.20. The summed E-state index contributed by atoms with van der Waals surface area (Å²) >= 11 is 0. The van der Waals surface area contributed by atoms with Crippen LogP contribution < -0.4 is 5.73 Å². The molecule has 0 spiro atoms. The summed E-state index contributed by atoms with van der Waals surface area (Å²) in [5, 5.41) is 18.2. The molecule has 0 amide bonds. The normalized spacial score (nSPS) is 12.9. The molecule has 1 aromatic carbocycles. The average molecular weight is 401 g/mol. The van der Waals surface area contributed by atoms with Crippen molar-refractivity contribution in [3.8, 4) is 0 Å². The lowest BCUT2D eigenvalue weighted by Gasteiger charge is -2.15. The summed E-state index contributed by atoms with van der Waals surface area (Å²) in [4.78, 5) is 11.3. The number of hydrogen-bond donors (Lipinski definition) is 3. The van der Waals surface area contributed by atoms with Crippen LogP contribution in [0.3, 0.4) is 0 Å². The molecule has 0 aromatic heterocycles. The van der Waals surface area contributed by atoms with Crippen LogP contribution in [0.2, 0.25) is 0 Å². The van der Waals surface area contributed by atoms with Gasteiger partial charge in [0, 0.05) is 24.4 Å². The van der Waals surface area contributed by atoms with Crippen molar-refractivity contribution in [2.75, 3.05) is 7.11 Å². The molecule has 1 unspecified atom stereocenters. The third-order valence-corrected chi connectivity index (χ3v) is 4.97. The van der Waals surface area contributed by atoms with Crippen molar-refractivity contribution in [2.24, 2.45) is 5.73 Å². The van der Waals surface area contributed by atoms with E-state index in [1.165, 1.54) is 45.2 Å². The van der Waals surface area contributed by atoms with Crippen molar-refractivity contribution in [2.45, 2.75) is 70.8 Å². The number of aliphatic hydroxyl groups excluding tert-OH is 1. The van der Waals surface area contributed by atoms with Gasteiger partial charge in [0.2, 0.25) is 0 Å². The molecule has 29 heavy (non-hydrogen) atoms. The van der Waals surface area contributed by atoms with E-state index in [2.05, 4.69) is 17.7 Å². The highest BCUT2D eigenvalue weighted by Crippen LogP contribution is 2.27. The van der Waals surface area contributed by atoms with Crippen molar-refractivity contribution in [3.05, 3.63) is 47.2 Å². The molecule has 0 saturated heterocycles. The lowest BCUT2D eigenvalue weighted by molar-refractivity contribution is -0.140. The molecule has 1 rings (SSSR count). The number of aliphatic hydroxyl groups is 1. The Morgan fingerprint density at radius 2 is 2.00 bits per heavy atom. The van der Waals surface area contributed by atoms with E-state index in [1.54, 1.807) is 0 Å². The van der Waals surface area contributed by atoms with Gasteiger partial charge in [-0.25, -0.2) is 0 Å². The van der Waals surface area contributed by atoms with E-state index in [-0.39, 0.29) is 5.97 Å². The first-order valence-electron chi connectivity index (χ1n) is 10.5. The summed E-state index contributed by atoms with van der Waals surface area (Å²) < 4.78 is 4.66. The van der Waals surface area contributed by atoms with E-state index in [4.69, 9.17) is 11.1 Å². The highest BCUT2D eigenvalue weighted by molar-refractivity contribution is 6.08. The topological polar surface area (TPSA) is 96.4 Å². The Morgan fingerprint density at radius 1 is 1.24 bits per heavy atom. The second kappa shape index (κ2) is 14.6. The highest BCUT2D eigenvalue weighted by Gasteiger charge is 2.13. The molecule has 0 aliphatic rings. The minimum Gasteiger partial charge on any atom is -0.469 e. The van der Waals surface area contributed by atoms with E-state index < -0.39 is 6.10 Å². The first-order valence-corrected chi connectivity index (χ1v) is 10.5. The van der Waals surface area contributed by atoms with Crippen molar-refractivity contribution in [3.63, 3.8) is 0 Å². The van der Waals surface area contributed by atoms with Crippen LogP contribution in [0.1, 0.15) is 87.5 Å². The fourth-order valence-electron chi connectivity index (χ4n) is 3.20. The van der Waals surface area contributed by atoms with Gasteiger partial charge in [-0.3, -0.25) is 4.79 Å². The quantitative estimate of drug-likeness (QED) is 0.222.